The van der Waals surface area contributed by atoms with Gasteiger partial charge in [0.15, 0.2) is 0 Å². The van der Waals surface area contributed by atoms with Crippen LogP contribution in [0, 0.1) is 0 Å². The maximum absolute atomic E-state index is 12.5. The van der Waals surface area contributed by atoms with Gasteiger partial charge in [0.2, 0.25) is 0 Å². The van der Waals surface area contributed by atoms with Crippen LogP contribution in [0.2, 0.25) is 0 Å². The van der Waals surface area contributed by atoms with Crippen molar-refractivity contribution in [3.8, 4) is 0 Å². The monoisotopic (exact) mass is 343 g/mol. The summed E-state index contributed by atoms with van der Waals surface area (Å²) in [5.41, 5.74) is -0.698. The number of alkyl halides is 3. The van der Waals surface area contributed by atoms with Gasteiger partial charge in [0, 0.05) is 17.1 Å². The fraction of sp³-hybridized carbons (Fsp3) is 0.250. The summed E-state index contributed by atoms with van der Waals surface area (Å²) < 4.78 is 25.2. The number of aromatic nitrogens is 1. The first-order valence-corrected chi connectivity index (χ1v) is 5.65. The van der Waals surface area contributed by atoms with Crippen LogP contribution >= 0.6 is 31.9 Å². The lowest BCUT2D eigenvalue weighted by molar-refractivity contribution is 0.0694. The first kappa shape index (κ1) is 12.5. The van der Waals surface area contributed by atoms with Crippen molar-refractivity contribution >= 4 is 37.8 Å². The van der Waals surface area contributed by atoms with Gasteiger partial charge >= 0.3 is 5.97 Å². The number of halogens is 4. The Balaban J connectivity index is 3.47. The summed E-state index contributed by atoms with van der Waals surface area (Å²) in [4.78, 5) is 14.4. The van der Waals surface area contributed by atoms with Gasteiger partial charge in [-0.2, -0.15) is 0 Å². The smallest absolute Gasteiger partial charge is 0.337 e. The molecule has 1 rings (SSSR count). The Kier molecular flexibility index (Phi) is 4.15. The molecule has 7 heteroatoms. The topological polar surface area (TPSA) is 50.2 Å². The molecular formula is C8H5Br2F2NO2. The van der Waals surface area contributed by atoms with E-state index in [-0.39, 0.29) is 20.9 Å². The molecule has 0 aliphatic heterocycles. The molecule has 82 valence electrons. The molecule has 0 saturated carbocycles. The molecule has 15 heavy (non-hydrogen) atoms. The highest BCUT2D eigenvalue weighted by atomic mass is 79.9. The lowest BCUT2D eigenvalue weighted by atomic mass is 10.1. The van der Waals surface area contributed by atoms with E-state index in [9.17, 15) is 13.6 Å². The third kappa shape index (κ3) is 2.52. The number of pyridine rings is 1. The summed E-state index contributed by atoms with van der Waals surface area (Å²) in [6.45, 7) is 0. The van der Waals surface area contributed by atoms with E-state index in [0.717, 1.165) is 6.20 Å². The molecule has 1 heterocycles. The van der Waals surface area contributed by atoms with Crippen LogP contribution in [0.4, 0.5) is 8.78 Å². The second-order valence-corrected chi connectivity index (χ2v) is 4.00. The van der Waals surface area contributed by atoms with E-state index in [0.29, 0.717) is 0 Å². The molecule has 0 unspecified atom stereocenters. The van der Waals surface area contributed by atoms with Crippen molar-refractivity contribution in [2.75, 3.05) is 0 Å². The predicted molar refractivity (Wildman–Crippen MR) is 56.5 cm³/mol. The predicted octanol–water partition coefficient (Wildman–Crippen LogP) is 3.37. The second-order valence-electron chi connectivity index (χ2n) is 2.58. The number of carbonyl (C=O) groups is 1. The Morgan fingerprint density at radius 3 is 2.60 bits per heavy atom. The van der Waals surface area contributed by atoms with Crippen molar-refractivity contribution in [3.05, 3.63) is 27.5 Å². The van der Waals surface area contributed by atoms with Crippen molar-refractivity contribution in [1.29, 1.82) is 0 Å². The van der Waals surface area contributed by atoms with Gasteiger partial charge < -0.3 is 5.11 Å². The molecular weight excluding hydrogens is 340 g/mol. The Morgan fingerprint density at radius 1 is 1.60 bits per heavy atom. The van der Waals surface area contributed by atoms with Gasteiger partial charge in [0.25, 0.3) is 6.43 Å². The molecule has 0 aliphatic rings. The van der Waals surface area contributed by atoms with Crippen molar-refractivity contribution in [3.63, 3.8) is 0 Å². The van der Waals surface area contributed by atoms with E-state index in [1.165, 1.54) is 0 Å². The summed E-state index contributed by atoms with van der Waals surface area (Å²) in [6, 6.07) is 0. The lowest BCUT2D eigenvalue weighted by Crippen LogP contribution is -2.08. The number of nitrogens with zero attached hydrogens (tertiary/aromatic N) is 1. The number of carboxylic acid groups (broad SMARTS) is 1. The molecule has 1 aromatic heterocycles. The van der Waals surface area contributed by atoms with Gasteiger partial charge in [-0.3, -0.25) is 4.98 Å². The summed E-state index contributed by atoms with van der Waals surface area (Å²) in [6.07, 6.45) is -1.72. The van der Waals surface area contributed by atoms with Gasteiger partial charge in [-0.05, 0) is 15.9 Å². The molecule has 0 atom stereocenters. The van der Waals surface area contributed by atoms with Crippen LogP contribution in [0.15, 0.2) is 10.7 Å². The van der Waals surface area contributed by atoms with E-state index in [4.69, 9.17) is 5.11 Å². The largest absolute Gasteiger partial charge is 0.478 e. The first-order valence-electron chi connectivity index (χ1n) is 3.73. The minimum Gasteiger partial charge on any atom is -0.478 e. The number of aromatic carboxylic acids is 1. The first-order chi connectivity index (χ1) is 6.99. The molecule has 1 N–H and O–H groups in total. The molecule has 0 saturated heterocycles. The Bertz CT molecular complexity index is 398. The van der Waals surface area contributed by atoms with E-state index >= 15 is 0 Å². The van der Waals surface area contributed by atoms with Crippen molar-refractivity contribution in [2.45, 2.75) is 11.8 Å². The highest BCUT2D eigenvalue weighted by Gasteiger charge is 2.22. The van der Waals surface area contributed by atoms with Crippen molar-refractivity contribution in [2.24, 2.45) is 0 Å². The highest BCUT2D eigenvalue weighted by molar-refractivity contribution is 9.10. The Morgan fingerprint density at radius 2 is 2.20 bits per heavy atom. The van der Waals surface area contributed by atoms with Crippen LogP contribution in [0.5, 0.6) is 0 Å². The zero-order chi connectivity index (χ0) is 11.6. The van der Waals surface area contributed by atoms with Gasteiger partial charge in [-0.15, -0.1) is 0 Å². The third-order valence-corrected chi connectivity index (χ3v) is 2.88. The molecule has 0 aliphatic carbocycles. The minimum absolute atomic E-state index is 0.00752. The van der Waals surface area contributed by atoms with Crippen LogP contribution in [0.1, 0.15) is 28.0 Å². The summed E-state index contributed by atoms with van der Waals surface area (Å²) in [5, 5.41) is 8.87. The minimum atomic E-state index is -2.79. The van der Waals surface area contributed by atoms with E-state index in [1.54, 1.807) is 0 Å². The molecule has 3 nitrogen and oxygen atoms in total. The fourth-order valence-electron chi connectivity index (χ4n) is 1.10. The van der Waals surface area contributed by atoms with Gasteiger partial charge in [0.1, 0.15) is 5.69 Å². The van der Waals surface area contributed by atoms with Crippen molar-refractivity contribution < 1.29 is 18.7 Å². The molecule has 0 radical (unpaired) electrons. The molecule has 0 amide bonds. The van der Waals surface area contributed by atoms with Crippen LogP contribution < -0.4 is 0 Å². The summed E-state index contributed by atoms with van der Waals surface area (Å²) in [7, 11) is 0. The highest BCUT2D eigenvalue weighted by Crippen LogP contribution is 2.29. The number of hydrogen-bond acceptors (Lipinski definition) is 2. The summed E-state index contributed by atoms with van der Waals surface area (Å²) >= 11 is 5.94. The molecule has 0 bridgehead atoms. The van der Waals surface area contributed by atoms with Gasteiger partial charge in [0.05, 0.1) is 10.0 Å². The normalized spacial score (nSPS) is 10.7. The average molecular weight is 345 g/mol. The third-order valence-electron chi connectivity index (χ3n) is 1.72. The lowest BCUT2D eigenvalue weighted by Gasteiger charge is -2.09. The second kappa shape index (κ2) is 4.98. The van der Waals surface area contributed by atoms with Gasteiger partial charge in [-0.1, -0.05) is 15.9 Å². The Labute approximate surface area is 101 Å². The molecule has 0 aromatic carbocycles. The molecule has 0 spiro atoms. The maximum atomic E-state index is 12.5. The molecule has 1 aromatic rings. The average Bonchev–Trinajstić information content (AvgIpc) is 2.15. The van der Waals surface area contributed by atoms with E-state index in [1.807, 2.05) is 0 Å². The summed E-state index contributed by atoms with van der Waals surface area (Å²) in [5.74, 6) is -1.26. The number of carboxylic acids is 1. The van der Waals surface area contributed by atoms with Crippen LogP contribution in [0.3, 0.4) is 0 Å². The zero-order valence-corrected chi connectivity index (χ0v) is 10.3. The number of rotatable bonds is 3. The number of hydrogen-bond donors (Lipinski definition) is 1. The van der Waals surface area contributed by atoms with Gasteiger partial charge in [-0.25, -0.2) is 13.6 Å². The van der Waals surface area contributed by atoms with Crippen LogP contribution in [-0.4, -0.2) is 16.1 Å². The quantitative estimate of drug-likeness (QED) is 0.855. The molecule has 0 fully saturated rings. The standard InChI is InChI=1S/C8H5Br2F2NO2/c9-1-3-5(8(14)15)4(10)2-13-6(3)7(11)12/h2,7H,1H2,(H,14,15). The fourth-order valence-corrected chi connectivity index (χ4v) is 2.17. The van der Waals surface area contributed by atoms with E-state index < -0.39 is 18.1 Å². The maximum Gasteiger partial charge on any atom is 0.337 e. The van der Waals surface area contributed by atoms with Crippen LogP contribution in [-0.2, 0) is 5.33 Å². The van der Waals surface area contributed by atoms with Crippen molar-refractivity contribution in [1.82, 2.24) is 4.98 Å². The van der Waals surface area contributed by atoms with E-state index in [2.05, 4.69) is 36.8 Å². The van der Waals surface area contributed by atoms with Crippen LogP contribution in [0.25, 0.3) is 0 Å². The Hall–Kier alpha value is -0.560. The zero-order valence-electron chi connectivity index (χ0n) is 7.18. The SMILES string of the molecule is O=C(O)c1c(Br)cnc(C(F)F)c1CBr.